The second-order valence-corrected chi connectivity index (χ2v) is 7.73. The van der Waals surface area contributed by atoms with Crippen LogP contribution in [0, 0.1) is 11.3 Å². The number of benzene rings is 1. The third kappa shape index (κ3) is 5.03. The molecule has 3 heterocycles. The molecule has 2 aliphatic rings. The van der Waals surface area contributed by atoms with Crippen LogP contribution in [0.3, 0.4) is 0 Å². The summed E-state index contributed by atoms with van der Waals surface area (Å²) in [5.74, 6) is 1.57. The first-order valence-corrected chi connectivity index (χ1v) is 10.3. The molecule has 1 atom stereocenters. The van der Waals surface area contributed by atoms with Crippen LogP contribution in [0.4, 0.5) is 5.82 Å². The molecular weight excluding hydrogens is 366 g/mol. The maximum Gasteiger partial charge on any atom is 0.218 e. The van der Waals surface area contributed by atoms with Crippen molar-refractivity contribution in [2.75, 3.05) is 37.7 Å². The third-order valence-electron chi connectivity index (χ3n) is 5.58. The number of aromatic nitrogens is 2. The molecule has 2 aromatic rings. The van der Waals surface area contributed by atoms with E-state index in [1.165, 1.54) is 5.56 Å². The highest BCUT2D eigenvalue weighted by atomic mass is 16.5. The van der Waals surface area contributed by atoms with Gasteiger partial charge in [0.15, 0.2) is 0 Å². The number of rotatable bonds is 5. The molecule has 2 aliphatic heterocycles. The molecule has 29 heavy (non-hydrogen) atoms. The van der Waals surface area contributed by atoms with Crippen molar-refractivity contribution in [1.29, 1.82) is 5.26 Å². The number of nitriles is 1. The fourth-order valence-electron chi connectivity index (χ4n) is 3.98. The standard InChI is InChI=1S/C22H27N5O2/c1-17-14-26(15-19-4-2-18(13-23)3-5-19)8-9-27(17)21-12-22(25-16-24-21)29-20-6-10-28-11-7-20/h2-5,12,16-17,20H,6-11,14-15H2,1H3. The molecule has 7 nitrogen and oxygen atoms in total. The molecule has 0 aliphatic carbocycles. The van der Waals surface area contributed by atoms with Gasteiger partial charge in [0.1, 0.15) is 18.2 Å². The third-order valence-corrected chi connectivity index (χ3v) is 5.58. The lowest BCUT2D eigenvalue weighted by Gasteiger charge is -2.40. The van der Waals surface area contributed by atoms with E-state index in [4.69, 9.17) is 14.7 Å². The molecule has 0 amide bonds. The first kappa shape index (κ1) is 19.6. The average molecular weight is 393 g/mol. The van der Waals surface area contributed by atoms with Gasteiger partial charge in [0, 0.05) is 51.1 Å². The Morgan fingerprint density at radius 1 is 1.17 bits per heavy atom. The largest absolute Gasteiger partial charge is 0.474 e. The summed E-state index contributed by atoms with van der Waals surface area (Å²) >= 11 is 0. The molecule has 4 rings (SSSR count). The summed E-state index contributed by atoms with van der Waals surface area (Å²) in [7, 11) is 0. The van der Waals surface area contributed by atoms with E-state index in [0.29, 0.717) is 17.5 Å². The van der Waals surface area contributed by atoms with Crippen LogP contribution >= 0.6 is 0 Å². The summed E-state index contributed by atoms with van der Waals surface area (Å²) < 4.78 is 11.4. The minimum absolute atomic E-state index is 0.174. The van der Waals surface area contributed by atoms with E-state index in [2.05, 4.69) is 32.8 Å². The Morgan fingerprint density at radius 2 is 1.97 bits per heavy atom. The highest BCUT2D eigenvalue weighted by Crippen LogP contribution is 2.23. The normalized spacial score (nSPS) is 21.0. The maximum absolute atomic E-state index is 8.94. The van der Waals surface area contributed by atoms with Crippen molar-refractivity contribution in [2.45, 2.75) is 38.5 Å². The number of anilines is 1. The van der Waals surface area contributed by atoms with E-state index >= 15 is 0 Å². The molecule has 1 unspecified atom stereocenters. The van der Waals surface area contributed by atoms with Crippen LogP contribution in [0.1, 0.15) is 30.9 Å². The molecule has 0 bridgehead atoms. The zero-order chi connectivity index (χ0) is 20.1. The number of hydrogen-bond acceptors (Lipinski definition) is 7. The van der Waals surface area contributed by atoms with Gasteiger partial charge in [0.2, 0.25) is 5.88 Å². The molecule has 0 spiro atoms. The average Bonchev–Trinajstić information content (AvgIpc) is 2.75. The molecule has 2 fully saturated rings. The number of ether oxygens (including phenoxy) is 2. The highest BCUT2D eigenvalue weighted by Gasteiger charge is 2.25. The minimum atomic E-state index is 0.174. The Hall–Kier alpha value is -2.69. The number of hydrogen-bond donors (Lipinski definition) is 0. The summed E-state index contributed by atoms with van der Waals surface area (Å²) in [4.78, 5) is 13.6. The van der Waals surface area contributed by atoms with Crippen molar-refractivity contribution in [1.82, 2.24) is 14.9 Å². The van der Waals surface area contributed by atoms with E-state index in [1.54, 1.807) is 6.33 Å². The van der Waals surface area contributed by atoms with Crippen LogP contribution in [-0.2, 0) is 11.3 Å². The van der Waals surface area contributed by atoms with Gasteiger partial charge in [-0.2, -0.15) is 5.26 Å². The molecule has 0 saturated carbocycles. The van der Waals surface area contributed by atoms with Gasteiger partial charge in [-0.25, -0.2) is 9.97 Å². The zero-order valence-corrected chi connectivity index (χ0v) is 16.8. The Balaban J connectivity index is 1.35. The van der Waals surface area contributed by atoms with E-state index in [-0.39, 0.29) is 6.10 Å². The van der Waals surface area contributed by atoms with Gasteiger partial charge in [-0.3, -0.25) is 4.90 Å². The van der Waals surface area contributed by atoms with Crippen LogP contribution in [0.15, 0.2) is 36.7 Å². The summed E-state index contributed by atoms with van der Waals surface area (Å²) in [5.41, 5.74) is 1.94. The monoisotopic (exact) mass is 393 g/mol. The van der Waals surface area contributed by atoms with Crippen molar-refractivity contribution in [3.63, 3.8) is 0 Å². The summed E-state index contributed by atoms with van der Waals surface area (Å²) in [6.45, 7) is 7.45. The molecule has 0 N–H and O–H groups in total. The van der Waals surface area contributed by atoms with Crippen LogP contribution < -0.4 is 9.64 Å². The van der Waals surface area contributed by atoms with E-state index in [0.717, 1.165) is 58.1 Å². The predicted octanol–water partition coefficient (Wildman–Crippen LogP) is 2.62. The van der Waals surface area contributed by atoms with E-state index in [1.807, 2.05) is 30.3 Å². The first-order chi connectivity index (χ1) is 14.2. The zero-order valence-electron chi connectivity index (χ0n) is 16.8. The Morgan fingerprint density at radius 3 is 2.69 bits per heavy atom. The van der Waals surface area contributed by atoms with Gasteiger partial charge in [-0.05, 0) is 24.6 Å². The van der Waals surface area contributed by atoms with Crippen molar-refractivity contribution in [2.24, 2.45) is 0 Å². The van der Waals surface area contributed by atoms with Crippen molar-refractivity contribution >= 4 is 5.82 Å². The second kappa shape index (κ2) is 9.21. The van der Waals surface area contributed by atoms with Crippen LogP contribution in [0.25, 0.3) is 0 Å². The SMILES string of the molecule is CC1CN(Cc2ccc(C#N)cc2)CCN1c1cc(OC2CCOCC2)ncn1. The quantitative estimate of drug-likeness (QED) is 0.773. The van der Waals surface area contributed by atoms with Gasteiger partial charge >= 0.3 is 0 Å². The fraction of sp³-hybridized carbons (Fsp3) is 0.500. The van der Waals surface area contributed by atoms with Crippen LogP contribution in [-0.4, -0.2) is 59.9 Å². The number of piperazine rings is 1. The summed E-state index contributed by atoms with van der Waals surface area (Å²) in [5, 5.41) is 8.94. The predicted molar refractivity (Wildman–Crippen MR) is 110 cm³/mol. The van der Waals surface area contributed by atoms with Crippen molar-refractivity contribution in [3.05, 3.63) is 47.8 Å². The molecule has 2 saturated heterocycles. The Kier molecular flexibility index (Phi) is 6.23. The molecule has 1 aromatic carbocycles. The lowest BCUT2D eigenvalue weighted by molar-refractivity contribution is 0.0237. The highest BCUT2D eigenvalue weighted by molar-refractivity contribution is 5.42. The van der Waals surface area contributed by atoms with E-state index in [9.17, 15) is 0 Å². The van der Waals surface area contributed by atoms with Gasteiger partial charge < -0.3 is 14.4 Å². The van der Waals surface area contributed by atoms with Gasteiger partial charge in [-0.15, -0.1) is 0 Å². The van der Waals surface area contributed by atoms with Gasteiger partial charge in [0.25, 0.3) is 0 Å². The van der Waals surface area contributed by atoms with Crippen molar-refractivity contribution < 1.29 is 9.47 Å². The fourth-order valence-corrected chi connectivity index (χ4v) is 3.98. The smallest absolute Gasteiger partial charge is 0.218 e. The van der Waals surface area contributed by atoms with Gasteiger partial charge in [-0.1, -0.05) is 12.1 Å². The lowest BCUT2D eigenvalue weighted by atomic mass is 10.1. The summed E-state index contributed by atoms with van der Waals surface area (Å²) in [6, 6.07) is 12.3. The molecule has 1 aromatic heterocycles. The first-order valence-electron chi connectivity index (χ1n) is 10.3. The molecule has 0 radical (unpaired) electrons. The van der Waals surface area contributed by atoms with Crippen molar-refractivity contribution in [3.8, 4) is 11.9 Å². The maximum atomic E-state index is 8.94. The second-order valence-electron chi connectivity index (χ2n) is 7.73. The number of nitrogens with zero attached hydrogens (tertiary/aromatic N) is 5. The molecule has 7 heteroatoms. The Labute approximate surface area is 171 Å². The van der Waals surface area contributed by atoms with Crippen LogP contribution in [0.2, 0.25) is 0 Å². The topological polar surface area (TPSA) is 74.5 Å². The molecule has 152 valence electrons. The van der Waals surface area contributed by atoms with Gasteiger partial charge in [0.05, 0.1) is 24.8 Å². The van der Waals surface area contributed by atoms with Crippen LogP contribution in [0.5, 0.6) is 5.88 Å². The lowest BCUT2D eigenvalue weighted by Crippen LogP contribution is -2.51. The Bertz CT molecular complexity index is 845. The molecular formula is C22H27N5O2. The minimum Gasteiger partial charge on any atom is -0.474 e. The summed E-state index contributed by atoms with van der Waals surface area (Å²) in [6.07, 6.45) is 3.58. The van der Waals surface area contributed by atoms with E-state index < -0.39 is 0 Å².